The van der Waals surface area contributed by atoms with Crippen molar-refractivity contribution >= 4 is 0 Å². The average molecular weight is 286 g/mol. The average Bonchev–Trinajstić information content (AvgIpc) is 2.51. The number of phenolic OH excluding ortho intramolecular Hbond substituents is 1. The first-order valence-electron chi connectivity index (χ1n) is 6.85. The van der Waals surface area contributed by atoms with Crippen LogP contribution in [-0.4, -0.2) is 18.8 Å². The maximum atomic E-state index is 9.25. The smallest absolute Gasteiger partial charge is 0.160 e. The third-order valence-electron chi connectivity index (χ3n) is 2.68. The summed E-state index contributed by atoms with van der Waals surface area (Å²) in [6.07, 6.45) is 2.60. The lowest BCUT2D eigenvalue weighted by atomic mass is 10.1. The number of allylic oxidation sites excluding steroid dienone is 1. The van der Waals surface area contributed by atoms with Crippen LogP contribution < -0.4 is 9.47 Å². The van der Waals surface area contributed by atoms with Crippen LogP contribution in [-0.2, 0) is 6.42 Å². The number of phenols is 1. The second-order valence-corrected chi connectivity index (χ2v) is 4.25. The molecule has 112 valence electrons. The minimum absolute atomic E-state index is 0.172. The summed E-state index contributed by atoms with van der Waals surface area (Å²) in [4.78, 5) is 0. The molecule has 0 fully saturated rings. The van der Waals surface area contributed by atoms with Crippen molar-refractivity contribution in [3.63, 3.8) is 0 Å². The fourth-order valence-corrected chi connectivity index (χ4v) is 1.70. The Hall–Kier alpha value is -2.42. The second kappa shape index (κ2) is 9.48. The number of aromatic hydroxyl groups is 1. The SMILES string of the molecule is C=CCc1ccc(O)c(OC)c1.CCOc1ccccc1. The van der Waals surface area contributed by atoms with Crippen molar-refractivity contribution in [2.24, 2.45) is 0 Å². The fourth-order valence-electron chi connectivity index (χ4n) is 1.70. The number of rotatable bonds is 5. The van der Waals surface area contributed by atoms with Gasteiger partial charge in [-0.05, 0) is 43.2 Å². The third kappa shape index (κ3) is 6.04. The van der Waals surface area contributed by atoms with E-state index in [1.54, 1.807) is 12.1 Å². The predicted molar refractivity (Wildman–Crippen MR) is 86.2 cm³/mol. The van der Waals surface area contributed by atoms with Crippen LogP contribution in [0.25, 0.3) is 0 Å². The van der Waals surface area contributed by atoms with E-state index in [1.807, 2.05) is 49.4 Å². The van der Waals surface area contributed by atoms with Crippen LogP contribution in [0.2, 0.25) is 0 Å². The number of hydrogen-bond donors (Lipinski definition) is 1. The van der Waals surface area contributed by atoms with Crippen LogP contribution in [0.1, 0.15) is 12.5 Å². The number of ether oxygens (including phenoxy) is 2. The van der Waals surface area contributed by atoms with Gasteiger partial charge in [0.25, 0.3) is 0 Å². The molecular formula is C18H22O3. The minimum Gasteiger partial charge on any atom is -0.504 e. The first-order valence-corrected chi connectivity index (χ1v) is 6.85. The number of benzene rings is 2. The van der Waals surface area contributed by atoms with Crippen LogP contribution >= 0.6 is 0 Å². The van der Waals surface area contributed by atoms with E-state index in [2.05, 4.69) is 6.58 Å². The third-order valence-corrected chi connectivity index (χ3v) is 2.68. The normalized spacial score (nSPS) is 9.24. The van der Waals surface area contributed by atoms with E-state index in [4.69, 9.17) is 9.47 Å². The van der Waals surface area contributed by atoms with Gasteiger partial charge in [-0.25, -0.2) is 0 Å². The van der Waals surface area contributed by atoms with Gasteiger partial charge in [0.05, 0.1) is 13.7 Å². The molecule has 3 nitrogen and oxygen atoms in total. The van der Waals surface area contributed by atoms with Gasteiger partial charge in [-0.1, -0.05) is 30.3 Å². The molecule has 0 heterocycles. The maximum absolute atomic E-state index is 9.25. The molecule has 2 rings (SSSR count). The molecular weight excluding hydrogens is 264 g/mol. The maximum Gasteiger partial charge on any atom is 0.160 e. The van der Waals surface area contributed by atoms with Gasteiger partial charge in [-0.2, -0.15) is 0 Å². The summed E-state index contributed by atoms with van der Waals surface area (Å²) in [5.74, 6) is 1.62. The van der Waals surface area contributed by atoms with E-state index in [-0.39, 0.29) is 5.75 Å². The van der Waals surface area contributed by atoms with E-state index in [0.29, 0.717) is 5.75 Å². The Morgan fingerprint density at radius 2 is 1.86 bits per heavy atom. The van der Waals surface area contributed by atoms with Gasteiger partial charge >= 0.3 is 0 Å². The Kier molecular flexibility index (Phi) is 7.51. The van der Waals surface area contributed by atoms with Crippen molar-refractivity contribution in [2.75, 3.05) is 13.7 Å². The van der Waals surface area contributed by atoms with Gasteiger partial charge in [0.1, 0.15) is 5.75 Å². The van der Waals surface area contributed by atoms with Gasteiger partial charge < -0.3 is 14.6 Å². The van der Waals surface area contributed by atoms with Crippen molar-refractivity contribution in [1.82, 2.24) is 0 Å². The molecule has 1 N–H and O–H groups in total. The van der Waals surface area contributed by atoms with E-state index in [1.165, 1.54) is 7.11 Å². The van der Waals surface area contributed by atoms with Gasteiger partial charge in [-0.15, -0.1) is 6.58 Å². The Morgan fingerprint density at radius 1 is 1.14 bits per heavy atom. The lowest BCUT2D eigenvalue weighted by molar-refractivity contribution is 0.340. The number of methoxy groups -OCH3 is 1. The molecule has 2 aromatic rings. The molecule has 3 heteroatoms. The molecule has 0 unspecified atom stereocenters. The molecule has 0 aliphatic rings. The number of para-hydroxylation sites is 1. The minimum atomic E-state index is 0.172. The van der Waals surface area contributed by atoms with Gasteiger partial charge in [0, 0.05) is 0 Å². The lowest BCUT2D eigenvalue weighted by Crippen LogP contribution is -1.89. The Labute approximate surface area is 126 Å². The van der Waals surface area contributed by atoms with Crippen molar-refractivity contribution in [3.05, 3.63) is 66.7 Å². The second-order valence-electron chi connectivity index (χ2n) is 4.25. The van der Waals surface area contributed by atoms with Crippen molar-refractivity contribution in [2.45, 2.75) is 13.3 Å². The molecule has 0 saturated carbocycles. The molecule has 0 atom stereocenters. The molecule has 2 aromatic carbocycles. The highest BCUT2D eigenvalue weighted by atomic mass is 16.5. The zero-order valence-corrected chi connectivity index (χ0v) is 12.6. The highest BCUT2D eigenvalue weighted by Crippen LogP contribution is 2.26. The summed E-state index contributed by atoms with van der Waals surface area (Å²) in [5, 5.41) is 9.25. The van der Waals surface area contributed by atoms with Crippen molar-refractivity contribution in [3.8, 4) is 17.2 Å². The summed E-state index contributed by atoms with van der Waals surface area (Å²) in [6.45, 7) is 6.35. The standard InChI is InChI=1S/C10H12O2.C8H10O/c1-3-4-8-5-6-9(11)10(7-8)12-2;1-2-9-8-6-4-3-5-7-8/h3,5-7,11H,1,4H2,2H3;3-7H,2H2,1H3. The summed E-state index contributed by atoms with van der Waals surface area (Å²) in [7, 11) is 1.53. The molecule has 0 aliphatic carbocycles. The summed E-state index contributed by atoms with van der Waals surface area (Å²) in [6, 6.07) is 15.1. The Morgan fingerprint density at radius 3 is 2.43 bits per heavy atom. The van der Waals surface area contributed by atoms with E-state index in [9.17, 15) is 5.11 Å². The Bertz CT molecular complexity index is 535. The first-order chi connectivity index (χ1) is 10.2. The molecule has 0 aliphatic heterocycles. The molecule has 0 bridgehead atoms. The summed E-state index contributed by atoms with van der Waals surface area (Å²) >= 11 is 0. The topological polar surface area (TPSA) is 38.7 Å². The quantitative estimate of drug-likeness (QED) is 0.837. The molecule has 0 aromatic heterocycles. The molecule has 21 heavy (non-hydrogen) atoms. The van der Waals surface area contributed by atoms with Crippen LogP contribution in [0.5, 0.6) is 17.2 Å². The van der Waals surface area contributed by atoms with Gasteiger partial charge in [-0.3, -0.25) is 0 Å². The summed E-state index contributed by atoms with van der Waals surface area (Å²) < 4.78 is 10.2. The van der Waals surface area contributed by atoms with Crippen LogP contribution in [0.3, 0.4) is 0 Å². The lowest BCUT2D eigenvalue weighted by Gasteiger charge is -2.04. The predicted octanol–water partition coefficient (Wildman–Crippen LogP) is 4.21. The van der Waals surface area contributed by atoms with Gasteiger partial charge in [0.2, 0.25) is 0 Å². The zero-order valence-electron chi connectivity index (χ0n) is 12.6. The fraction of sp³-hybridized carbons (Fsp3) is 0.222. The van der Waals surface area contributed by atoms with E-state index < -0.39 is 0 Å². The monoisotopic (exact) mass is 286 g/mol. The van der Waals surface area contributed by atoms with Crippen LogP contribution in [0, 0.1) is 0 Å². The first kappa shape index (κ1) is 16.6. The highest BCUT2D eigenvalue weighted by Gasteiger charge is 2.00. The van der Waals surface area contributed by atoms with E-state index in [0.717, 1.165) is 24.3 Å². The van der Waals surface area contributed by atoms with Crippen molar-refractivity contribution in [1.29, 1.82) is 0 Å². The Balaban J connectivity index is 0.000000219. The molecule has 0 saturated heterocycles. The molecule has 0 radical (unpaired) electrons. The van der Waals surface area contributed by atoms with Gasteiger partial charge in [0.15, 0.2) is 11.5 Å². The van der Waals surface area contributed by atoms with Crippen molar-refractivity contribution < 1.29 is 14.6 Å². The molecule has 0 amide bonds. The number of hydrogen-bond acceptors (Lipinski definition) is 3. The molecule has 0 spiro atoms. The largest absolute Gasteiger partial charge is 0.504 e. The van der Waals surface area contributed by atoms with Crippen LogP contribution in [0.4, 0.5) is 0 Å². The highest BCUT2D eigenvalue weighted by molar-refractivity contribution is 5.42. The van der Waals surface area contributed by atoms with Crippen LogP contribution in [0.15, 0.2) is 61.2 Å². The summed E-state index contributed by atoms with van der Waals surface area (Å²) in [5.41, 5.74) is 1.08. The zero-order chi connectivity index (χ0) is 15.5. The van der Waals surface area contributed by atoms with E-state index >= 15 is 0 Å².